The van der Waals surface area contributed by atoms with Crippen LogP contribution in [0.25, 0.3) is 0 Å². The summed E-state index contributed by atoms with van der Waals surface area (Å²) in [5.41, 5.74) is 0. The fourth-order valence-corrected chi connectivity index (χ4v) is 4.64. The topological polar surface area (TPSA) is 37.3 Å². The monoisotopic (exact) mass is 293 g/mol. The molecule has 1 aliphatic rings. The second-order valence-corrected chi connectivity index (χ2v) is 7.96. The molecule has 18 heavy (non-hydrogen) atoms. The number of hydrogen-bond donors (Lipinski definition) is 0. The van der Waals surface area contributed by atoms with E-state index in [1.807, 2.05) is 41.8 Å². The van der Waals surface area contributed by atoms with E-state index in [-0.39, 0.29) is 12.2 Å². The molecule has 0 amide bonds. The van der Waals surface area contributed by atoms with Crippen molar-refractivity contribution in [3.8, 4) is 0 Å². The predicted octanol–water partition coefficient (Wildman–Crippen LogP) is 2.29. The van der Waals surface area contributed by atoms with Gasteiger partial charge in [-0.2, -0.15) is 4.76 Å². The molecule has 0 spiro atoms. The van der Waals surface area contributed by atoms with Crippen molar-refractivity contribution in [1.29, 1.82) is 0 Å². The summed E-state index contributed by atoms with van der Waals surface area (Å²) in [5.74, 6) is 0.861. The first-order valence-electron chi connectivity index (χ1n) is 6.23. The van der Waals surface area contributed by atoms with Crippen molar-refractivity contribution >= 4 is 24.4 Å². The fourth-order valence-electron chi connectivity index (χ4n) is 1.66. The van der Waals surface area contributed by atoms with Gasteiger partial charge in [-0.15, -0.1) is 0 Å². The molecular weight excluding hydrogens is 269 g/mol. The van der Waals surface area contributed by atoms with Crippen LogP contribution in [0.1, 0.15) is 27.7 Å². The Kier molecular flexibility index (Phi) is 5.59. The lowest BCUT2D eigenvalue weighted by molar-refractivity contribution is 0.175. The number of hydrogen-bond acceptors (Lipinski definition) is 3. The third-order valence-corrected chi connectivity index (χ3v) is 4.91. The van der Waals surface area contributed by atoms with Crippen molar-refractivity contribution in [2.24, 2.45) is 4.76 Å². The van der Waals surface area contributed by atoms with Crippen molar-refractivity contribution in [1.82, 2.24) is 9.80 Å². The van der Waals surface area contributed by atoms with Gasteiger partial charge in [0.1, 0.15) is 0 Å². The van der Waals surface area contributed by atoms with Crippen LogP contribution in [0.15, 0.2) is 4.76 Å². The van der Waals surface area contributed by atoms with Gasteiger partial charge in [-0.3, -0.25) is 0 Å². The van der Waals surface area contributed by atoms with Crippen LogP contribution in [0.5, 0.6) is 0 Å². The van der Waals surface area contributed by atoms with Crippen LogP contribution in [0.4, 0.5) is 0 Å². The normalized spacial score (nSPS) is 17.2. The Hall–Kier alpha value is -0.160. The maximum Gasteiger partial charge on any atom is 0.312 e. The molecule has 0 unspecified atom stereocenters. The lowest BCUT2D eigenvalue weighted by Crippen LogP contribution is -2.28. The van der Waals surface area contributed by atoms with Crippen LogP contribution in [0.2, 0.25) is 0 Å². The summed E-state index contributed by atoms with van der Waals surface area (Å²) in [6, 6.07) is 0. The van der Waals surface area contributed by atoms with Crippen LogP contribution in [0, 0.1) is 0 Å². The van der Waals surface area contributed by atoms with E-state index in [0.29, 0.717) is 0 Å². The zero-order valence-corrected chi connectivity index (χ0v) is 13.8. The second-order valence-electron chi connectivity index (χ2n) is 5.02. The largest absolute Gasteiger partial charge is 0.344 e. The van der Waals surface area contributed by atoms with Gasteiger partial charge in [-0.1, -0.05) is 0 Å². The smallest absolute Gasteiger partial charge is 0.312 e. The third kappa shape index (κ3) is 4.50. The molecule has 1 saturated heterocycles. The van der Waals surface area contributed by atoms with E-state index in [1.54, 1.807) is 0 Å². The zero-order chi connectivity index (χ0) is 13.9. The molecule has 0 saturated carbocycles. The van der Waals surface area contributed by atoms with Crippen molar-refractivity contribution < 1.29 is 9.05 Å². The van der Waals surface area contributed by atoms with Crippen LogP contribution in [0.3, 0.4) is 0 Å². The van der Waals surface area contributed by atoms with Gasteiger partial charge in [-0.25, -0.2) is 0 Å². The van der Waals surface area contributed by atoms with Gasteiger partial charge in [0.05, 0.1) is 12.2 Å². The Morgan fingerprint density at radius 2 is 1.44 bits per heavy atom. The minimum absolute atomic E-state index is 0.0101. The standard InChI is InChI=1S/C11H24N3O2PS/c1-9(2)15-17(18,16-10(3)4)12-11-13(5)7-8-14(11)6/h9-10H,7-8H2,1-6H3. The van der Waals surface area contributed by atoms with E-state index < -0.39 is 6.64 Å². The number of rotatable bonds is 5. The first-order valence-corrected chi connectivity index (χ1v) is 8.82. The molecule has 1 fully saturated rings. The van der Waals surface area contributed by atoms with E-state index in [0.717, 1.165) is 19.0 Å². The predicted molar refractivity (Wildman–Crippen MR) is 79.4 cm³/mol. The summed E-state index contributed by atoms with van der Waals surface area (Å²) in [6.07, 6.45) is 0.0203. The van der Waals surface area contributed by atoms with E-state index in [2.05, 4.69) is 14.6 Å². The minimum Gasteiger partial charge on any atom is -0.344 e. The van der Waals surface area contributed by atoms with Crippen LogP contribution >= 0.6 is 6.64 Å². The van der Waals surface area contributed by atoms with Gasteiger partial charge in [-0.05, 0) is 39.5 Å². The molecule has 1 rings (SSSR count). The van der Waals surface area contributed by atoms with Crippen molar-refractivity contribution in [2.45, 2.75) is 39.9 Å². The molecule has 0 aromatic heterocycles. The molecule has 0 bridgehead atoms. The number of nitrogens with zero attached hydrogens (tertiary/aromatic N) is 3. The maximum atomic E-state index is 5.77. The summed E-state index contributed by atoms with van der Waals surface area (Å²) >= 11 is 5.52. The molecule has 0 aromatic rings. The molecule has 5 nitrogen and oxygen atoms in total. The first kappa shape index (κ1) is 15.9. The van der Waals surface area contributed by atoms with Gasteiger partial charge in [0.25, 0.3) is 0 Å². The Labute approximate surface area is 115 Å². The summed E-state index contributed by atoms with van der Waals surface area (Å²) in [7, 11) is 4.01. The minimum atomic E-state index is -2.62. The van der Waals surface area contributed by atoms with E-state index in [9.17, 15) is 0 Å². The molecule has 106 valence electrons. The molecule has 0 atom stereocenters. The van der Waals surface area contributed by atoms with Crippen LogP contribution < -0.4 is 0 Å². The van der Waals surface area contributed by atoms with E-state index >= 15 is 0 Å². The highest BCUT2D eigenvalue weighted by Gasteiger charge is 2.28. The molecule has 0 N–H and O–H groups in total. The Morgan fingerprint density at radius 3 is 1.78 bits per heavy atom. The summed E-state index contributed by atoms with van der Waals surface area (Å²) in [5, 5.41) is 0. The van der Waals surface area contributed by atoms with Crippen LogP contribution in [-0.2, 0) is 20.9 Å². The van der Waals surface area contributed by atoms with Gasteiger partial charge >= 0.3 is 6.64 Å². The van der Waals surface area contributed by atoms with Gasteiger partial charge in [0.15, 0.2) is 0 Å². The average molecular weight is 293 g/mol. The number of guanidine groups is 1. The highest BCUT2D eigenvalue weighted by Crippen LogP contribution is 2.53. The molecule has 0 aromatic carbocycles. The fraction of sp³-hybridized carbons (Fsp3) is 0.909. The molecule has 0 aliphatic carbocycles. The zero-order valence-electron chi connectivity index (χ0n) is 12.1. The Bertz CT molecular complexity index is 334. The molecule has 1 aliphatic heterocycles. The van der Waals surface area contributed by atoms with Crippen molar-refractivity contribution in [3.05, 3.63) is 0 Å². The van der Waals surface area contributed by atoms with Gasteiger partial charge in [0, 0.05) is 27.2 Å². The first-order chi connectivity index (χ1) is 8.23. The summed E-state index contributed by atoms with van der Waals surface area (Å²) < 4.78 is 16.1. The quantitative estimate of drug-likeness (QED) is 0.727. The third-order valence-electron chi connectivity index (χ3n) is 2.35. The van der Waals surface area contributed by atoms with Gasteiger partial charge < -0.3 is 18.8 Å². The second kappa shape index (κ2) is 6.33. The Morgan fingerprint density at radius 1 is 1.06 bits per heavy atom. The lowest BCUT2D eigenvalue weighted by atomic mass is 10.5. The maximum absolute atomic E-state index is 5.77. The van der Waals surface area contributed by atoms with Crippen LogP contribution in [-0.4, -0.2) is 55.2 Å². The van der Waals surface area contributed by atoms with Crippen molar-refractivity contribution in [3.63, 3.8) is 0 Å². The summed E-state index contributed by atoms with van der Waals surface area (Å²) in [4.78, 5) is 4.16. The lowest BCUT2D eigenvalue weighted by Gasteiger charge is -2.25. The van der Waals surface area contributed by atoms with Gasteiger partial charge in [0.2, 0.25) is 5.96 Å². The molecule has 1 heterocycles. The van der Waals surface area contributed by atoms with E-state index in [1.165, 1.54) is 0 Å². The Balaban J connectivity index is 2.96. The number of likely N-dealkylation sites (N-methyl/N-ethyl adjacent to an activating group) is 2. The SMILES string of the molecule is CC(C)OP(=S)(N=C1N(C)CCN1C)OC(C)C. The average Bonchev–Trinajstić information content (AvgIpc) is 2.46. The highest BCUT2D eigenvalue weighted by atomic mass is 32.5. The van der Waals surface area contributed by atoms with Crippen molar-refractivity contribution in [2.75, 3.05) is 27.2 Å². The molecular formula is C11H24N3O2PS. The van der Waals surface area contributed by atoms with E-state index in [4.69, 9.17) is 20.9 Å². The molecule has 0 radical (unpaired) electrons. The highest BCUT2D eigenvalue weighted by molar-refractivity contribution is 8.09. The molecule has 7 heteroatoms. The summed E-state index contributed by atoms with van der Waals surface area (Å²) in [6.45, 7) is 7.09.